The first kappa shape index (κ1) is 19.7. The number of carbonyl (C=O) groups is 2. The highest BCUT2D eigenvalue weighted by Crippen LogP contribution is 2.14. The van der Waals surface area contributed by atoms with Crippen LogP contribution in [0.5, 0.6) is 0 Å². The summed E-state index contributed by atoms with van der Waals surface area (Å²) in [5, 5.41) is 2.89. The molecule has 0 aliphatic rings. The monoisotopic (exact) mass is 354 g/mol. The van der Waals surface area contributed by atoms with Gasteiger partial charge in [-0.15, -0.1) is 0 Å². The van der Waals surface area contributed by atoms with Crippen LogP contribution in [0.4, 0.5) is 5.69 Å². The molecule has 0 fully saturated rings. The van der Waals surface area contributed by atoms with Gasteiger partial charge in [-0.25, -0.2) is 0 Å². The molecule has 0 aliphatic heterocycles. The highest BCUT2D eigenvalue weighted by Gasteiger charge is 2.22. The van der Waals surface area contributed by atoms with E-state index in [9.17, 15) is 9.59 Å². The van der Waals surface area contributed by atoms with Crippen molar-refractivity contribution in [2.75, 3.05) is 12.4 Å². The third kappa shape index (κ3) is 5.17. The zero-order valence-electron chi connectivity index (χ0n) is 15.9. The maximum Gasteiger partial charge on any atom is 0.282 e. The van der Waals surface area contributed by atoms with Gasteiger partial charge in [-0.05, 0) is 42.7 Å². The fraction of sp³-hybridized carbons (Fsp3) is 0.333. The Kier molecular flexibility index (Phi) is 6.52. The number of amides is 2. The molecule has 0 radical (unpaired) electrons. The number of benzene rings is 2. The average Bonchev–Trinajstić information content (AvgIpc) is 2.61. The van der Waals surface area contributed by atoms with E-state index in [-0.39, 0.29) is 11.9 Å². The molecular formula is C21H28N3O2+. The zero-order valence-corrected chi connectivity index (χ0v) is 15.9. The number of anilines is 1. The number of quaternary nitrogens is 1. The molecule has 5 nitrogen and oxygen atoms in total. The summed E-state index contributed by atoms with van der Waals surface area (Å²) in [4.78, 5) is 24.7. The van der Waals surface area contributed by atoms with Crippen molar-refractivity contribution in [2.45, 2.75) is 39.3 Å². The van der Waals surface area contributed by atoms with E-state index in [0.717, 1.165) is 11.4 Å². The molecule has 2 rings (SSSR count). The predicted molar refractivity (Wildman–Crippen MR) is 104 cm³/mol. The van der Waals surface area contributed by atoms with E-state index in [1.165, 1.54) is 11.1 Å². The summed E-state index contributed by atoms with van der Waals surface area (Å²) in [6.07, 6.45) is 0. The Morgan fingerprint density at radius 3 is 2.08 bits per heavy atom. The van der Waals surface area contributed by atoms with Crippen LogP contribution < -0.4 is 16.0 Å². The topological polar surface area (TPSA) is 76.6 Å². The van der Waals surface area contributed by atoms with Crippen LogP contribution in [0.25, 0.3) is 0 Å². The van der Waals surface area contributed by atoms with Crippen molar-refractivity contribution in [1.82, 2.24) is 0 Å². The minimum Gasteiger partial charge on any atom is -0.366 e. The number of rotatable bonds is 7. The van der Waals surface area contributed by atoms with Gasteiger partial charge >= 0.3 is 0 Å². The fourth-order valence-corrected chi connectivity index (χ4v) is 2.69. The summed E-state index contributed by atoms with van der Waals surface area (Å²) in [6, 6.07) is 14.9. The van der Waals surface area contributed by atoms with Gasteiger partial charge in [0.2, 0.25) is 5.91 Å². The smallest absolute Gasteiger partial charge is 0.282 e. The second-order valence-electron chi connectivity index (χ2n) is 7.07. The van der Waals surface area contributed by atoms with E-state index in [0.29, 0.717) is 17.2 Å². The van der Waals surface area contributed by atoms with Gasteiger partial charge in [-0.2, -0.15) is 0 Å². The van der Waals surface area contributed by atoms with Crippen LogP contribution in [-0.2, 0) is 11.3 Å². The Hall–Kier alpha value is -2.66. The van der Waals surface area contributed by atoms with Gasteiger partial charge in [0.15, 0.2) is 6.04 Å². The van der Waals surface area contributed by atoms with Crippen LogP contribution in [0, 0.1) is 0 Å². The lowest BCUT2D eigenvalue weighted by Crippen LogP contribution is -3.12. The van der Waals surface area contributed by atoms with Crippen LogP contribution in [0.1, 0.15) is 48.2 Å². The van der Waals surface area contributed by atoms with Crippen LogP contribution in [-0.4, -0.2) is 24.9 Å². The lowest BCUT2D eigenvalue weighted by Gasteiger charge is -2.21. The first-order chi connectivity index (χ1) is 12.3. The Bertz CT molecular complexity index is 752. The minimum absolute atomic E-state index is 0.0619. The maximum absolute atomic E-state index is 12.5. The van der Waals surface area contributed by atoms with E-state index in [1.54, 1.807) is 24.3 Å². The van der Waals surface area contributed by atoms with Gasteiger partial charge in [0.05, 0.1) is 7.05 Å². The second kappa shape index (κ2) is 8.63. The number of primary amides is 1. The summed E-state index contributed by atoms with van der Waals surface area (Å²) < 4.78 is 0. The number of likely N-dealkylation sites (N-methyl/N-ethyl adjacent to an activating group) is 1. The van der Waals surface area contributed by atoms with Crippen molar-refractivity contribution >= 4 is 17.5 Å². The molecule has 0 spiro atoms. The molecule has 138 valence electrons. The molecule has 4 N–H and O–H groups in total. The molecule has 26 heavy (non-hydrogen) atoms. The molecule has 0 saturated heterocycles. The molecule has 0 heterocycles. The van der Waals surface area contributed by atoms with Crippen molar-refractivity contribution in [1.29, 1.82) is 0 Å². The summed E-state index contributed by atoms with van der Waals surface area (Å²) >= 11 is 0. The van der Waals surface area contributed by atoms with E-state index in [2.05, 4.69) is 43.4 Å². The minimum atomic E-state index is -0.482. The summed E-state index contributed by atoms with van der Waals surface area (Å²) in [6.45, 7) is 7.03. The van der Waals surface area contributed by atoms with Crippen molar-refractivity contribution in [3.63, 3.8) is 0 Å². The standard InChI is InChI=1S/C21H27N3O2/c1-14(2)17-7-5-16(6-8-17)13-24(4)15(3)21(26)23-19-11-9-18(10-12-19)20(22)25/h5-12,14-15H,13H2,1-4H3,(H2,22,25)(H,23,26)/p+1/t15-/m1/s1. The van der Waals surface area contributed by atoms with Crippen LogP contribution in [0.2, 0.25) is 0 Å². The molecule has 0 aromatic heterocycles. The fourth-order valence-electron chi connectivity index (χ4n) is 2.69. The van der Waals surface area contributed by atoms with Crippen LogP contribution in [0.3, 0.4) is 0 Å². The predicted octanol–water partition coefficient (Wildman–Crippen LogP) is 1.95. The molecule has 2 amide bonds. The third-order valence-corrected chi connectivity index (χ3v) is 4.70. The van der Waals surface area contributed by atoms with Gasteiger partial charge in [0.25, 0.3) is 5.91 Å². The number of carbonyl (C=O) groups excluding carboxylic acids is 2. The van der Waals surface area contributed by atoms with E-state index in [1.807, 2.05) is 14.0 Å². The first-order valence-electron chi connectivity index (χ1n) is 8.89. The highest BCUT2D eigenvalue weighted by atomic mass is 16.2. The lowest BCUT2D eigenvalue weighted by atomic mass is 10.0. The molecule has 5 heteroatoms. The number of hydrogen-bond acceptors (Lipinski definition) is 2. The third-order valence-electron chi connectivity index (χ3n) is 4.70. The number of nitrogens with two attached hydrogens (primary N) is 1. The summed E-state index contributed by atoms with van der Waals surface area (Å²) in [5.74, 6) is -0.0307. The van der Waals surface area contributed by atoms with E-state index >= 15 is 0 Å². The molecule has 2 aromatic carbocycles. The lowest BCUT2D eigenvalue weighted by molar-refractivity contribution is -0.907. The SMILES string of the molecule is CC(C)c1ccc(C[NH+](C)[C@H](C)C(=O)Nc2ccc(C(N)=O)cc2)cc1. The second-order valence-corrected chi connectivity index (χ2v) is 7.07. The molecule has 2 atom stereocenters. The molecule has 1 unspecified atom stereocenters. The number of nitrogens with one attached hydrogen (secondary N) is 2. The quantitative estimate of drug-likeness (QED) is 0.711. The van der Waals surface area contributed by atoms with Gasteiger partial charge < -0.3 is 16.0 Å². The first-order valence-corrected chi connectivity index (χ1v) is 8.89. The molecule has 2 aromatic rings. The van der Waals surface area contributed by atoms with Gasteiger partial charge in [0, 0.05) is 16.8 Å². The Morgan fingerprint density at radius 2 is 1.58 bits per heavy atom. The Balaban J connectivity index is 1.94. The zero-order chi connectivity index (χ0) is 19.3. The Labute approximate surface area is 155 Å². The van der Waals surface area contributed by atoms with Crippen LogP contribution in [0.15, 0.2) is 48.5 Å². The van der Waals surface area contributed by atoms with E-state index < -0.39 is 5.91 Å². The molecule has 0 bridgehead atoms. The molecular weight excluding hydrogens is 326 g/mol. The highest BCUT2D eigenvalue weighted by molar-refractivity contribution is 5.95. The van der Waals surface area contributed by atoms with Crippen LogP contribution >= 0.6 is 0 Å². The maximum atomic E-state index is 12.5. The Morgan fingerprint density at radius 1 is 1.00 bits per heavy atom. The van der Waals surface area contributed by atoms with Gasteiger partial charge in [-0.1, -0.05) is 38.1 Å². The average molecular weight is 354 g/mol. The van der Waals surface area contributed by atoms with Gasteiger partial charge in [-0.3, -0.25) is 9.59 Å². The molecule has 0 saturated carbocycles. The normalized spacial score (nSPS) is 13.3. The van der Waals surface area contributed by atoms with Gasteiger partial charge in [0.1, 0.15) is 6.54 Å². The van der Waals surface area contributed by atoms with Crippen molar-refractivity contribution in [3.05, 3.63) is 65.2 Å². The van der Waals surface area contributed by atoms with Crippen molar-refractivity contribution in [3.8, 4) is 0 Å². The number of hydrogen-bond donors (Lipinski definition) is 3. The van der Waals surface area contributed by atoms with Crippen molar-refractivity contribution in [2.24, 2.45) is 5.73 Å². The van der Waals surface area contributed by atoms with E-state index in [4.69, 9.17) is 5.73 Å². The largest absolute Gasteiger partial charge is 0.366 e. The summed E-state index contributed by atoms with van der Waals surface area (Å²) in [5.41, 5.74) is 8.82. The summed E-state index contributed by atoms with van der Waals surface area (Å²) in [7, 11) is 2.01. The van der Waals surface area contributed by atoms with Crippen molar-refractivity contribution < 1.29 is 14.5 Å². The molecule has 0 aliphatic carbocycles.